The molecular weight excluding hydrogens is 378 g/mol. The van der Waals surface area contributed by atoms with Crippen LogP contribution in [0.5, 0.6) is 11.5 Å². The normalized spacial score (nSPS) is 11.2. The number of rotatable bonds is 6. The van der Waals surface area contributed by atoms with Crippen LogP contribution in [0.3, 0.4) is 0 Å². The second kappa shape index (κ2) is 8.24. The Morgan fingerprint density at radius 1 is 1.03 bits per heavy atom. The molecule has 0 amide bonds. The van der Waals surface area contributed by atoms with Crippen molar-refractivity contribution < 1.29 is 9.57 Å². The van der Waals surface area contributed by atoms with Crippen molar-refractivity contribution in [2.75, 3.05) is 12.4 Å². The van der Waals surface area contributed by atoms with E-state index in [-0.39, 0.29) is 0 Å². The van der Waals surface area contributed by atoms with Crippen LogP contribution in [0.4, 0.5) is 11.6 Å². The molecule has 2 aromatic heterocycles. The Hall–Kier alpha value is -3.87. The molecule has 2 aromatic carbocycles. The standard InChI is InChI=1S/C23H23N5O2/c1-15-5-7-20(16(2)11-15)26-23-27-21-13-18(6-8-22(21)28(23)3)30-19-9-10-24-17(12-19)14-25-29-4/h5-14H,1-4H3,(H,26,27)/b25-14-. The summed E-state index contributed by atoms with van der Waals surface area (Å²) in [6.07, 6.45) is 3.19. The van der Waals surface area contributed by atoms with Gasteiger partial charge in [0.05, 0.1) is 22.9 Å². The van der Waals surface area contributed by atoms with Gasteiger partial charge < -0.3 is 19.5 Å². The Morgan fingerprint density at radius 2 is 1.87 bits per heavy atom. The Labute approximate surface area is 175 Å². The first-order chi connectivity index (χ1) is 14.5. The number of aryl methyl sites for hydroxylation is 3. The summed E-state index contributed by atoms with van der Waals surface area (Å²) in [4.78, 5) is 13.6. The highest BCUT2D eigenvalue weighted by Gasteiger charge is 2.11. The zero-order valence-electron chi connectivity index (χ0n) is 17.4. The van der Waals surface area contributed by atoms with Gasteiger partial charge in [0, 0.05) is 31.1 Å². The quantitative estimate of drug-likeness (QED) is 0.359. The number of hydrogen-bond acceptors (Lipinski definition) is 6. The summed E-state index contributed by atoms with van der Waals surface area (Å²) in [5, 5.41) is 7.16. The van der Waals surface area contributed by atoms with Crippen LogP contribution in [0, 0.1) is 13.8 Å². The lowest BCUT2D eigenvalue weighted by molar-refractivity contribution is 0.215. The van der Waals surface area contributed by atoms with Crippen molar-refractivity contribution in [3.8, 4) is 11.5 Å². The zero-order chi connectivity index (χ0) is 21.1. The van der Waals surface area contributed by atoms with Crippen LogP contribution in [-0.4, -0.2) is 27.9 Å². The van der Waals surface area contributed by atoms with E-state index in [2.05, 4.69) is 47.5 Å². The number of oxime groups is 1. The number of aromatic nitrogens is 3. The Morgan fingerprint density at radius 3 is 2.67 bits per heavy atom. The van der Waals surface area contributed by atoms with E-state index in [1.807, 2.05) is 29.8 Å². The zero-order valence-corrected chi connectivity index (χ0v) is 17.4. The molecule has 4 aromatic rings. The van der Waals surface area contributed by atoms with Gasteiger partial charge in [-0.05, 0) is 43.7 Å². The van der Waals surface area contributed by atoms with Gasteiger partial charge in [0.1, 0.15) is 18.6 Å². The molecule has 0 atom stereocenters. The average molecular weight is 401 g/mol. The van der Waals surface area contributed by atoms with Crippen LogP contribution in [0.25, 0.3) is 11.0 Å². The van der Waals surface area contributed by atoms with E-state index in [9.17, 15) is 0 Å². The summed E-state index contributed by atoms with van der Waals surface area (Å²) < 4.78 is 8.03. The third-order valence-electron chi connectivity index (χ3n) is 4.76. The van der Waals surface area contributed by atoms with E-state index in [4.69, 9.17) is 14.6 Å². The van der Waals surface area contributed by atoms with Crippen LogP contribution < -0.4 is 10.1 Å². The van der Waals surface area contributed by atoms with Crippen molar-refractivity contribution in [2.24, 2.45) is 12.2 Å². The second-order valence-electron chi connectivity index (χ2n) is 7.02. The van der Waals surface area contributed by atoms with Gasteiger partial charge >= 0.3 is 0 Å². The van der Waals surface area contributed by atoms with Crippen LogP contribution in [0.2, 0.25) is 0 Å². The van der Waals surface area contributed by atoms with Gasteiger partial charge in [0.25, 0.3) is 0 Å². The van der Waals surface area contributed by atoms with Gasteiger partial charge in [-0.3, -0.25) is 4.98 Å². The van der Waals surface area contributed by atoms with E-state index < -0.39 is 0 Å². The number of fused-ring (bicyclic) bond motifs is 1. The smallest absolute Gasteiger partial charge is 0.208 e. The number of nitrogens with zero attached hydrogens (tertiary/aromatic N) is 4. The molecule has 30 heavy (non-hydrogen) atoms. The number of benzene rings is 2. The molecule has 0 aliphatic heterocycles. The molecule has 0 spiro atoms. The third kappa shape index (κ3) is 4.10. The highest BCUT2D eigenvalue weighted by atomic mass is 16.6. The van der Waals surface area contributed by atoms with Gasteiger partial charge in [0.2, 0.25) is 5.95 Å². The number of pyridine rings is 1. The second-order valence-corrected chi connectivity index (χ2v) is 7.02. The van der Waals surface area contributed by atoms with Gasteiger partial charge in [0.15, 0.2) is 0 Å². The molecule has 0 aliphatic rings. The molecule has 0 radical (unpaired) electrons. The fourth-order valence-corrected chi connectivity index (χ4v) is 3.23. The predicted octanol–water partition coefficient (Wildman–Crippen LogP) is 5.10. The van der Waals surface area contributed by atoms with Crippen LogP contribution in [0.1, 0.15) is 16.8 Å². The molecule has 7 nitrogen and oxygen atoms in total. The Balaban J connectivity index is 1.60. The molecule has 0 bridgehead atoms. The van der Waals surface area contributed by atoms with E-state index in [0.29, 0.717) is 17.2 Å². The molecule has 7 heteroatoms. The molecule has 0 aliphatic carbocycles. The van der Waals surface area contributed by atoms with Crippen LogP contribution in [-0.2, 0) is 11.9 Å². The molecule has 0 unspecified atom stereocenters. The fraction of sp³-hybridized carbons (Fsp3) is 0.174. The number of anilines is 2. The lowest BCUT2D eigenvalue weighted by Gasteiger charge is -2.09. The van der Waals surface area contributed by atoms with E-state index in [0.717, 1.165) is 22.7 Å². The predicted molar refractivity (Wildman–Crippen MR) is 119 cm³/mol. The van der Waals surface area contributed by atoms with Gasteiger partial charge in [-0.2, -0.15) is 0 Å². The molecule has 0 fully saturated rings. The van der Waals surface area contributed by atoms with Gasteiger partial charge in [-0.15, -0.1) is 0 Å². The van der Waals surface area contributed by atoms with Crippen molar-refractivity contribution in [1.29, 1.82) is 0 Å². The summed E-state index contributed by atoms with van der Waals surface area (Å²) in [6, 6.07) is 15.7. The van der Waals surface area contributed by atoms with Crippen molar-refractivity contribution in [2.45, 2.75) is 13.8 Å². The molecule has 152 valence electrons. The van der Waals surface area contributed by atoms with Crippen molar-refractivity contribution in [3.05, 3.63) is 71.5 Å². The Kier molecular flexibility index (Phi) is 5.34. The first-order valence-electron chi connectivity index (χ1n) is 9.54. The van der Waals surface area contributed by atoms with Crippen molar-refractivity contribution >= 4 is 28.9 Å². The van der Waals surface area contributed by atoms with E-state index in [1.54, 1.807) is 18.3 Å². The van der Waals surface area contributed by atoms with Gasteiger partial charge in [-0.25, -0.2) is 4.98 Å². The monoisotopic (exact) mass is 401 g/mol. The highest BCUT2D eigenvalue weighted by molar-refractivity contribution is 5.81. The maximum absolute atomic E-state index is 5.99. The average Bonchev–Trinajstić information content (AvgIpc) is 3.03. The minimum absolute atomic E-state index is 0.646. The van der Waals surface area contributed by atoms with Crippen LogP contribution in [0.15, 0.2) is 59.9 Å². The Bertz CT molecular complexity index is 1230. The van der Waals surface area contributed by atoms with Crippen molar-refractivity contribution in [1.82, 2.24) is 14.5 Å². The van der Waals surface area contributed by atoms with Crippen molar-refractivity contribution in [3.63, 3.8) is 0 Å². The maximum atomic E-state index is 5.99. The molecular formula is C23H23N5O2. The lowest BCUT2D eigenvalue weighted by Crippen LogP contribution is -2.00. The summed E-state index contributed by atoms with van der Waals surface area (Å²) in [5.41, 5.74) is 5.95. The summed E-state index contributed by atoms with van der Waals surface area (Å²) in [6.45, 7) is 4.17. The summed E-state index contributed by atoms with van der Waals surface area (Å²) >= 11 is 0. The number of ether oxygens (including phenoxy) is 1. The minimum atomic E-state index is 0.646. The molecule has 0 saturated carbocycles. The van der Waals surface area contributed by atoms with Gasteiger partial charge in [-0.1, -0.05) is 22.9 Å². The first-order valence-corrected chi connectivity index (χ1v) is 9.54. The summed E-state index contributed by atoms with van der Waals surface area (Å²) in [7, 11) is 3.48. The molecule has 4 rings (SSSR count). The topological polar surface area (TPSA) is 73.6 Å². The summed E-state index contributed by atoms with van der Waals surface area (Å²) in [5.74, 6) is 2.13. The first kappa shape index (κ1) is 19.4. The molecule has 0 saturated heterocycles. The number of imidazole rings is 1. The molecule has 1 N–H and O–H groups in total. The highest BCUT2D eigenvalue weighted by Crippen LogP contribution is 2.28. The number of hydrogen-bond donors (Lipinski definition) is 1. The van der Waals surface area contributed by atoms with E-state index >= 15 is 0 Å². The maximum Gasteiger partial charge on any atom is 0.208 e. The molecule has 2 heterocycles. The third-order valence-corrected chi connectivity index (χ3v) is 4.76. The van der Waals surface area contributed by atoms with E-state index in [1.165, 1.54) is 24.5 Å². The lowest BCUT2D eigenvalue weighted by atomic mass is 10.1. The number of nitrogens with one attached hydrogen (secondary N) is 1. The fourth-order valence-electron chi connectivity index (χ4n) is 3.23. The SMILES string of the molecule is CO/N=C\c1cc(Oc2ccc3c(c2)nc(Nc2ccc(C)cc2C)n3C)ccn1. The van der Waals surface area contributed by atoms with Crippen LogP contribution >= 0.6 is 0 Å². The minimum Gasteiger partial charge on any atom is -0.457 e. The largest absolute Gasteiger partial charge is 0.457 e.